The predicted octanol–water partition coefficient (Wildman–Crippen LogP) is 2.53. The Kier molecular flexibility index (Phi) is 6.59. The predicted molar refractivity (Wildman–Crippen MR) is 108 cm³/mol. The number of rotatable bonds is 8. The first-order valence-electron chi connectivity index (χ1n) is 9.72. The number of benzene rings is 1. The summed E-state index contributed by atoms with van der Waals surface area (Å²) in [6.07, 6.45) is 4.71. The second-order valence-electron chi connectivity index (χ2n) is 7.07. The summed E-state index contributed by atoms with van der Waals surface area (Å²) in [5.74, 6) is -1.45. The molecule has 1 aromatic heterocycles. The fraction of sp³-hybridized carbons (Fsp3) is 0.364. The van der Waals surface area contributed by atoms with E-state index < -0.39 is 5.97 Å². The zero-order valence-corrected chi connectivity index (χ0v) is 16.6. The van der Waals surface area contributed by atoms with Crippen LogP contribution in [-0.4, -0.2) is 47.9 Å². The van der Waals surface area contributed by atoms with Crippen LogP contribution >= 0.6 is 0 Å². The van der Waals surface area contributed by atoms with E-state index in [1.165, 1.54) is 0 Å². The highest BCUT2D eigenvalue weighted by atomic mass is 16.5. The van der Waals surface area contributed by atoms with Crippen LogP contribution in [0.4, 0.5) is 5.69 Å². The number of nitrogens with zero attached hydrogens (tertiary/aromatic N) is 2. The molecule has 2 unspecified atom stereocenters. The number of ether oxygens (including phenoxy) is 1. The molecule has 0 saturated heterocycles. The van der Waals surface area contributed by atoms with Crippen molar-refractivity contribution in [1.29, 1.82) is 0 Å². The summed E-state index contributed by atoms with van der Waals surface area (Å²) >= 11 is 0. The molecule has 7 heteroatoms. The molecule has 1 aliphatic carbocycles. The number of hydrogen-bond acceptors (Lipinski definition) is 5. The second-order valence-corrected chi connectivity index (χ2v) is 7.07. The van der Waals surface area contributed by atoms with Crippen molar-refractivity contribution in [3.63, 3.8) is 0 Å². The van der Waals surface area contributed by atoms with Crippen molar-refractivity contribution in [1.82, 2.24) is 9.88 Å². The lowest BCUT2D eigenvalue weighted by Crippen LogP contribution is -2.31. The lowest BCUT2D eigenvalue weighted by molar-refractivity contribution is -0.132. The molecule has 1 saturated carbocycles. The molecule has 2 amide bonds. The van der Waals surface area contributed by atoms with E-state index >= 15 is 0 Å². The van der Waals surface area contributed by atoms with Crippen LogP contribution in [0.25, 0.3) is 0 Å². The molecule has 2 atom stereocenters. The van der Waals surface area contributed by atoms with Gasteiger partial charge in [-0.05, 0) is 49.6 Å². The number of carbonyl (C=O) groups is 3. The van der Waals surface area contributed by atoms with Gasteiger partial charge in [0.15, 0.2) is 0 Å². The molecule has 0 bridgehead atoms. The molecule has 0 spiro atoms. The maximum Gasteiger partial charge on any atom is 0.340 e. The van der Waals surface area contributed by atoms with Gasteiger partial charge in [0.2, 0.25) is 11.8 Å². The van der Waals surface area contributed by atoms with Gasteiger partial charge in [-0.15, -0.1) is 0 Å². The highest BCUT2D eigenvalue weighted by Gasteiger charge is 2.49. The van der Waals surface area contributed by atoms with Gasteiger partial charge in [0, 0.05) is 26.0 Å². The first kappa shape index (κ1) is 20.5. The molecule has 1 aliphatic rings. The number of likely N-dealkylation sites (N-methyl/N-ethyl adjacent to an activating group) is 1. The molecule has 1 heterocycles. The van der Waals surface area contributed by atoms with E-state index in [1.54, 1.807) is 55.5 Å². The van der Waals surface area contributed by atoms with Crippen LogP contribution in [0.15, 0.2) is 48.8 Å². The molecular weight excluding hydrogens is 370 g/mol. The number of para-hydroxylation sites is 1. The second kappa shape index (κ2) is 9.32. The van der Waals surface area contributed by atoms with Gasteiger partial charge in [0.1, 0.15) is 0 Å². The number of pyridine rings is 1. The van der Waals surface area contributed by atoms with Crippen LogP contribution in [0.5, 0.6) is 0 Å². The molecule has 152 valence electrons. The van der Waals surface area contributed by atoms with Crippen molar-refractivity contribution < 1.29 is 19.1 Å². The number of amides is 2. The smallest absolute Gasteiger partial charge is 0.340 e. The van der Waals surface area contributed by atoms with Gasteiger partial charge in [0.05, 0.1) is 29.7 Å². The van der Waals surface area contributed by atoms with E-state index in [2.05, 4.69) is 10.3 Å². The van der Waals surface area contributed by atoms with Gasteiger partial charge in [-0.2, -0.15) is 0 Å². The summed E-state index contributed by atoms with van der Waals surface area (Å²) in [5, 5.41) is 2.78. The maximum absolute atomic E-state index is 12.6. The molecule has 3 rings (SSSR count). The van der Waals surface area contributed by atoms with Gasteiger partial charge in [-0.25, -0.2) is 4.79 Å². The lowest BCUT2D eigenvalue weighted by Gasteiger charge is -2.17. The van der Waals surface area contributed by atoms with Crippen molar-refractivity contribution >= 4 is 23.5 Å². The quantitative estimate of drug-likeness (QED) is 0.694. The Morgan fingerprint density at radius 1 is 1.14 bits per heavy atom. The monoisotopic (exact) mass is 395 g/mol. The van der Waals surface area contributed by atoms with Crippen molar-refractivity contribution in [2.75, 3.05) is 25.5 Å². The van der Waals surface area contributed by atoms with Crippen LogP contribution in [-0.2, 0) is 20.7 Å². The maximum atomic E-state index is 12.6. The minimum absolute atomic E-state index is 0.0297. The lowest BCUT2D eigenvalue weighted by atomic mass is 10.1. The Hall–Kier alpha value is -3.22. The van der Waals surface area contributed by atoms with Crippen molar-refractivity contribution in [2.45, 2.75) is 19.8 Å². The molecule has 1 aromatic carbocycles. The SMILES string of the molecule is CCOC(=O)c1ccccc1NC(=O)C1CC1C(=O)N(C)CCc1ccncc1. The van der Waals surface area contributed by atoms with E-state index in [1.807, 2.05) is 12.1 Å². The van der Waals surface area contributed by atoms with E-state index in [9.17, 15) is 14.4 Å². The number of carbonyl (C=O) groups excluding carboxylic acids is 3. The van der Waals surface area contributed by atoms with Crippen LogP contribution in [0.3, 0.4) is 0 Å². The van der Waals surface area contributed by atoms with E-state index in [0.717, 1.165) is 12.0 Å². The zero-order chi connectivity index (χ0) is 20.8. The minimum Gasteiger partial charge on any atom is -0.462 e. The summed E-state index contributed by atoms with van der Waals surface area (Å²) in [5.41, 5.74) is 1.82. The number of hydrogen-bond donors (Lipinski definition) is 1. The van der Waals surface area contributed by atoms with Crippen molar-refractivity contribution in [3.05, 3.63) is 59.9 Å². The number of aromatic nitrogens is 1. The summed E-state index contributed by atoms with van der Waals surface area (Å²) in [4.78, 5) is 42.9. The molecule has 0 aliphatic heterocycles. The average Bonchev–Trinajstić information content (AvgIpc) is 3.54. The summed E-state index contributed by atoms with van der Waals surface area (Å²) in [6, 6.07) is 10.6. The van der Waals surface area contributed by atoms with Crippen molar-refractivity contribution in [3.8, 4) is 0 Å². The molecule has 7 nitrogen and oxygen atoms in total. The molecule has 1 N–H and O–H groups in total. The third-order valence-corrected chi connectivity index (χ3v) is 4.99. The van der Waals surface area contributed by atoms with Gasteiger partial charge < -0.3 is 15.0 Å². The average molecular weight is 395 g/mol. The number of esters is 1. The highest BCUT2D eigenvalue weighted by molar-refractivity contribution is 6.04. The Bertz CT molecular complexity index is 885. The van der Waals surface area contributed by atoms with Gasteiger partial charge >= 0.3 is 5.97 Å². The van der Waals surface area contributed by atoms with Gasteiger partial charge in [-0.1, -0.05) is 12.1 Å². The first-order valence-corrected chi connectivity index (χ1v) is 9.72. The summed E-state index contributed by atoms with van der Waals surface area (Å²) in [7, 11) is 1.76. The third kappa shape index (κ3) is 5.19. The van der Waals surface area contributed by atoms with E-state index in [4.69, 9.17) is 4.74 Å². The first-order chi connectivity index (χ1) is 14.0. The van der Waals surface area contributed by atoms with Crippen molar-refractivity contribution in [2.24, 2.45) is 11.8 Å². The Labute approximate surface area is 170 Å². The third-order valence-electron chi connectivity index (χ3n) is 4.99. The van der Waals surface area contributed by atoms with Gasteiger partial charge in [-0.3, -0.25) is 14.6 Å². The normalized spacial score (nSPS) is 17.3. The molecule has 1 fully saturated rings. The molecule has 0 radical (unpaired) electrons. The fourth-order valence-corrected chi connectivity index (χ4v) is 3.20. The van der Waals surface area contributed by atoms with Crippen LogP contribution in [0.1, 0.15) is 29.3 Å². The molecule has 29 heavy (non-hydrogen) atoms. The number of anilines is 1. The van der Waals surface area contributed by atoms with E-state index in [-0.39, 0.29) is 30.3 Å². The topological polar surface area (TPSA) is 88.6 Å². The zero-order valence-electron chi connectivity index (χ0n) is 16.6. The summed E-state index contributed by atoms with van der Waals surface area (Å²) < 4.78 is 5.03. The van der Waals surface area contributed by atoms with Crippen LogP contribution in [0.2, 0.25) is 0 Å². The standard InChI is InChI=1S/C22H25N3O4/c1-3-29-22(28)16-6-4-5-7-19(16)24-20(26)17-14-18(17)21(27)25(2)13-10-15-8-11-23-12-9-15/h4-9,11-12,17-18H,3,10,13-14H2,1-2H3,(H,24,26). The summed E-state index contributed by atoms with van der Waals surface area (Å²) in [6.45, 7) is 2.57. The van der Waals surface area contributed by atoms with E-state index in [0.29, 0.717) is 24.2 Å². The number of nitrogens with one attached hydrogen (secondary N) is 1. The minimum atomic E-state index is -0.484. The molecule has 2 aromatic rings. The Balaban J connectivity index is 1.54. The highest BCUT2D eigenvalue weighted by Crippen LogP contribution is 2.40. The Morgan fingerprint density at radius 3 is 2.59 bits per heavy atom. The van der Waals surface area contributed by atoms with Crippen LogP contribution in [0, 0.1) is 11.8 Å². The fourth-order valence-electron chi connectivity index (χ4n) is 3.20. The van der Waals surface area contributed by atoms with Crippen LogP contribution < -0.4 is 5.32 Å². The largest absolute Gasteiger partial charge is 0.462 e. The molecular formula is C22H25N3O4. The Morgan fingerprint density at radius 2 is 1.86 bits per heavy atom. The van der Waals surface area contributed by atoms with Gasteiger partial charge in [0.25, 0.3) is 0 Å².